The Morgan fingerprint density at radius 2 is 1.71 bits per heavy atom. The van der Waals surface area contributed by atoms with Gasteiger partial charge in [-0.15, -0.1) is 0 Å². The van der Waals surface area contributed by atoms with Crippen molar-refractivity contribution in [2.45, 2.75) is 70.1 Å². The molecule has 6 nitrogen and oxygen atoms in total. The summed E-state index contributed by atoms with van der Waals surface area (Å²) in [4.78, 5) is 27.3. The van der Waals surface area contributed by atoms with Crippen molar-refractivity contribution in [3.05, 3.63) is 0 Å². The topological polar surface area (TPSA) is 61.9 Å². The van der Waals surface area contributed by atoms with E-state index in [1.54, 1.807) is 13.8 Å². The van der Waals surface area contributed by atoms with Crippen LogP contribution in [-0.4, -0.2) is 72.1 Å². The van der Waals surface area contributed by atoms with Crippen molar-refractivity contribution in [3.63, 3.8) is 0 Å². The molecule has 24 heavy (non-hydrogen) atoms. The van der Waals surface area contributed by atoms with Crippen LogP contribution < -0.4 is 5.32 Å². The maximum absolute atomic E-state index is 11.5. The Hall–Kier alpha value is -1.14. The van der Waals surface area contributed by atoms with Gasteiger partial charge < -0.3 is 19.9 Å². The van der Waals surface area contributed by atoms with E-state index in [-0.39, 0.29) is 23.5 Å². The number of amides is 2. The second-order valence-electron chi connectivity index (χ2n) is 7.69. The SMILES string of the molecule is CC(=O)NC1CCOC2(CCN(C3CCN(C(C)=O)CC3)CC2)C1. The van der Waals surface area contributed by atoms with Crippen molar-refractivity contribution in [3.8, 4) is 0 Å². The van der Waals surface area contributed by atoms with Crippen LogP contribution in [0.2, 0.25) is 0 Å². The van der Waals surface area contributed by atoms with Gasteiger partial charge in [-0.3, -0.25) is 9.59 Å². The van der Waals surface area contributed by atoms with Gasteiger partial charge in [-0.05, 0) is 38.5 Å². The maximum Gasteiger partial charge on any atom is 0.219 e. The summed E-state index contributed by atoms with van der Waals surface area (Å²) in [5, 5.41) is 3.07. The van der Waals surface area contributed by atoms with Gasteiger partial charge >= 0.3 is 0 Å². The molecule has 0 aromatic rings. The summed E-state index contributed by atoms with van der Waals surface area (Å²) < 4.78 is 6.17. The average molecular weight is 337 g/mol. The first-order valence-electron chi connectivity index (χ1n) is 9.38. The first-order chi connectivity index (χ1) is 11.5. The smallest absolute Gasteiger partial charge is 0.219 e. The lowest BCUT2D eigenvalue weighted by molar-refractivity contribution is -0.134. The van der Waals surface area contributed by atoms with Crippen molar-refractivity contribution >= 4 is 11.8 Å². The highest BCUT2D eigenvalue weighted by Crippen LogP contribution is 2.36. The van der Waals surface area contributed by atoms with Gasteiger partial charge in [0.25, 0.3) is 0 Å². The molecule has 0 saturated carbocycles. The van der Waals surface area contributed by atoms with Crippen LogP contribution >= 0.6 is 0 Å². The number of carbonyl (C=O) groups is 2. The molecule has 0 aromatic carbocycles. The van der Waals surface area contributed by atoms with E-state index < -0.39 is 0 Å². The molecular weight excluding hydrogens is 306 g/mol. The zero-order valence-corrected chi connectivity index (χ0v) is 15.1. The normalized spacial score (nSPS) is 28.8. The highest BCUT2D eigenvalue weighted by atomic mass is 16.5. The Labute approximate surface area is 144 Å². The van der Waals surface area contributed by atoms with Gasteiger partial charge in [0.05, 0.1) is 5.60 Å². The lowest BCUT2D eigenvalue weighted by Gasteiger charge is -2.49. The van der Waals surface area contributed by atoms with Gasteiger partial charge in [0.1, 0.15) is 0 Å². The average Bonchev–Trinajstić information content (AvgIpc) is 2.55. The lowest BCUT2D eigenvalue weighted by Crippen LogP contribution is -2.56. The molecule has 0 aliphatic carbocycles. The Kier molecular flexibility index (Phi) is 5.45. The van der Waals surface area contributed by atoms with Gasteiger partial charge in [-0.1, -0.05) is 0 Å². The van der Waals surface area contributed by atoms with Crippen LogP contribution in [0.15, 0.2) is 0 Å². The van der Waals surface area contributed by atoms with E-state index >= 15 is 0 Å². The number of nitrogens with zero attached hydrogens (tertiary/aromatic N) is 2. The molecule has 3 fully saturated rings. The number of carbonyl (C=O) groups excluding carboxylic acids is 2. The molecule has 0 bridgehead atoms. The van der Waals surface area contributed by atoms with Gasteiger partial charge in [0.15, 0.2) is 0 Å². The standard InChI is InChI=1S/C18H31N3O3/c1-14(22)19-16-5-12-24-18(13-16)6-10-21(11-7-18)17-3-8-20(9-4-17)15(2)23/h16-17H,3-13H2,1-2H3,(H,19,22). The quantitative estimate of drug-likeness (QED) is 0.821. The summed E-state index contributed by atoms with van der Waals surface area (Å²) in [7, 11) is 0. The second kappa shape index (κ2) is 7.40. The molecule has 6 heteroatoms. The van der Waals surface area contributed by atoms with E-state index in [4.69, 9.17) is 4.74 Å². The zero-order valence-electron chi connectivity index (χ0n) is 15.1. The van der Waals surface area contributed by atoms with Crippen molar-refractivity contribution in [2.24, 2.45) is 0 Å². The summed E-state index contributed by atoms with van der Waals surface area (Å²) >= 11 is 0. The molecule has 3 saturated heterocycles. The molecule has 3 aliphatic rings. The molecule has 3 heterocycles. The molecule has 2 amide bonds. The number of rotatable bonds is 2. The van der Waals surface area contributed by atoms with Crippen molar-refractivity contribution < 1.29 is 14.3 Å². The monoisotopic (exact) mass is 337 g/mol. The Balaban J connectivity index is 1.49. The highest BCUT2D eigenvalue weighted by Gasteiger charge is 2.41. The number of hydrogen-bond acceptors (Lipinski definition) is 4. The number of nitrogens with one attached hydrogen (secondary N) is 1. The Morgan fingerprint density at radius 1 is 1.04 bits per heavy atom. The van der Waals surface area contributed by atoms with Crippen molar-refractivity contribution in [1.29, 1.82) is 0 Å². The van der Waals surface area contributed by atoms with E-state index in [0.29, 0.717) is 6.04 Å². The van der Waals surface area contributed by atoms with E-state index in [1.807, 2.05) is 4.90 Å². The van der Waals surface area contributed by atoms with Gasteiger partial charge in [0, 0.05) is 58.7 Å². The fraction of sp³-hybridized carbons (Fsp3) is 0.889. The van der Waals surface area contributed by atoms with E-state index in [1.165, 1.54) is 0 Å². The Morgan fingerprint density at radius 3 is 2.29 bits per heavy atom. The van der Waals surface area contributed by atoms with Gasteiger partial charge in [-0.25, -0.2) is 0 Å². The highest BCUT2D eigenvalue weighted by molar-refractivity contribution is 5.73. The largest absolute Gasteiger partial charge is 0.375 e. The van der Waals surface area contributed by atoms with Crippen LogP contribution in [0, 0.1) is 0 Å². The fourth-order valence-corrected chi connectivity index (χ4v) is 4.63. The number of piperidine rings is 2. The van der Waals surface area contributed by atoms with Crippen LogP contribution in [0.4, 0.5) is 0 Å². The summed E-state index contributed by atoms with van der Waals surface area (Å²) in [5.74, 6) is 0.261. The maximum atomic E-state index is 11.5. The molecular formula is C18H31N3O3. The minimum Gasteiger partial charge on any atom is -0.375 e. The molecule has 3 rings (SSSR count). The molecule has 1 atom stereocenters. The number of likely N-dealkylation sites (tertiary alicyclic amines) is 2. The number of hydrogen-bond donors (Lipinski definition) is 1. The van der Waals surface area contributed by atoms with Crippen LogP contribution in [0.3, 0.4) is 0 Å². The molecule has 1 spiro atoms. The second-order valence-corrected chi connectivity index (χ2v) is 7.69. The summed E-state index contributed by atoms with van der Waals surface area (Å²) in [6.07, 6.45) is 6.15. The van der Waals surface area contributed by atoms with Crippen molar-refractivity contribution in [1.82, 2.24) is 15.1 Å². The molecule has 0 aromatic heterocycles. The minimum atomic E-state index is -0.0397. The molecule has 0 radical (unpaired) electrons. The third-order valence-electron chi connectivity index (χ3n) is 6.04. The lowest BCUT2D eigenvalue weighted by atomic mass is 9.81. The van der Waals surface area contributed by atoms with Crippen LogP contribution in [0.25, 0.3) is 0 Å². The summed E-state index contributed by atoms with van der Waals surface area (Å²) in [6, 6.07) is 0.870. The Bertz CT molecular complexity index is 466. The number of ether oxygens (including phenoxy) is 1. The zero-order chi connectivity index (χ0) is 17.2. The third-order valence-corrected chi connectivity index (χ3v) is 6.04. The van der Waals surface area contributed by atoms with E-state index in [9.17, 15) is 9.59 Å². The molecule has 1 N–H and O–H groups in total. The summed E-state index contributed by atoms with van der Waals surface area (Å²) in [5.41, 5.74) is -0.0397. The third kappa shape index (κ3) is 4.09. The van der Waals surface area contributed by atoms with Crippen LogP contribution in [-0.2, 0) is 14.3 Å². The molecule has 1 unspecified atom stereocenters. The predicted molar refractivity (Wildman–Crippen MR) is 91.6 cm³/mol. The van der Waals surface area contributed by atoms with E-state index in [2.05, 4.69) is 10.2 Å². The van der Waals surface area contributed by atoms with Crippen LogP contribution in [0.5, 0.6) is 0 Å². The van der Waals surface area contributed by atoms with Gasteiger partial charge in [0.2, 0.25) is 11.8 Å². The van der Waals surface area contributed by atoms with Crippen molar-refractivity contribution in [2.75, 3.05) is 32.8 Å². The van der Waals surface area contributed by atoms with E-state index in [0.717, 1.165) is 71.3 Å². The predicted octanol–water partition coefficient (Wildman–Crippen LogP) is 1.15. The minimum absolute atomic E-state index is 0.0397. The first-order valence-corrected chi connectivity index (χ1v) is 9.38. The van der Waals surface area contributed by atoms with Gasteiger partial charge in [-0.2, -0.15) is 0 Å². The fourth-order valence-electron chi connectivity index (χ4n) is 4.63. The van der Waals surface area contributed by atoms with Crippen LogP contribution in [0.1, 0.15) is 52.4 Å². The summed E-state index contributed by atoms with van der Waals surface area (Å²) in [6.45, 7) is 7.93. The molecule has 3 aliphatic heterocycles. The molecule has 136 valence electrons. The first kappa shape index (κ1) is 17.7.